The van der Waals surface area contributed by atoms with Crippen LogP contribution in [0.25, 0.3) is 0 Å². The Bertz CT molecular complexity index is 701. The molecule has 0 radical (unpaired) electrons. The third kappa shape index (κ3) is 10.0. The summed E-state index contributed by atoms with van der Waals surface area (Å²) in [5, 5.41) is 16.4. The molecule has 1 atom stereocenters. The molecule has 0 fully saturated rings. The largest absolute Gasteiger partial charge is 0.389 e. The highest BCUT2D eigenvalue weighted by Crippen LogP contribution is 2.03. The van der Waals surface area contributed by atoms with Gasteiger partial charge >= 0.3 is 0 Å². The van der Waals surface area contributed by atoms with Crippen LogP contribution in [0.4, 0.5) is 4.39 Å². The first-order chi connectivity index (χ1) is 13.2. The molecule has 0 saturated heterocycles. The van der Waals surface area contributed by atoms with Crippen LogP contribution in [0.5, 0.6) is 0 Å². The van der Waals surface area contributed by atoms with Gasteiger partial charge in [-0.15, -0.1) is 24.0 Å². The van der Waals surface area contributed by atoms with Crippen LogP contribution in [-0.2, 0) is 17.8 Å². The first kappa shape index (κ1) is 24.3. The van der Waals surface area contributed by atoms with E-state index in [1.807, 2.05) is 43.3 Å². The number of benzene rings is 2. The highest BCUT2D eigenvalue weighted by Gasteiger charge is 2.05. The van der Waals surface area contributed by atoms with E-state index in [2.05, 4.69) is 15.6 Å². The molecule has 0 heterocycles. The lowest BCUT2D eigenvalue weighted by Gasteiger charge is -2.13. The quantitative estimate of drug-likeness (QED) is 0.266. The van der Waals surface area contributed by atoms with E-state index in [4.69, 9.17) is 4.74 Å². The van der Waals surface area contributed by atoms with E-state index in [0.29, 0.717) is 32.1 Å². The number of ether oxygens (including phenoxy) is 1. The molecule has 0 spiro atoms. The minimum absolute atomic E-state index is 0. The second kappa shape index (κ2) is 14.3. The number of aliphatic hydroxyl groups is 1. The fraction of sp³-hybridized carbons (Fsp3) is 0.381. The molecule has 154 valence electrons. The first-order valence-corrected chi connectivity index (χ1v) is 9.23. The number of hydrogen-bond acceptors (Lipinski definition) is 3. The first-order valence-electron chi connectivity index (χ1n) is 9.23. The van der Waals surface area contributed by atoms with E-state index in [0.717, 1.165) is 11.1 Å². The molecule has 7 heteroatoms. The van der Waals surface area contributed by atoms with E-state index < -0.39 is 6.10 Å². The van der Waals surface area contributed by atoms with Crippen molar-refractivity contribution < 1.29 is 14.2 Å². The molecular formula is C21H29FIN3O2. The minimum Gasteiger partial charge on any atom is -0.389 e. The third-order valence-corrected chi connectivity index (χ3v) is 3.82. The maximum absolute atomic E-state index is 13.2. The summed E-state index contributed by atoms with van der Waals surface area (Å²) in [5.41, 5.74) is 1.99. The average Bonchev–Trinajstić information content (AvgIpc) is 2.67. The summed E-state index contributed by atoms with van der Waals surface area (Å²) in [6, 6.07) is 16.4. The van der Waals surface area contributed by atoms with E-state index in [9.17, 15) is 9.50 Å². The van der Waals surface area contributed by atoms with Crippen LogP contribution in [0.1, 0.15) is 18.1 Å². The Balaban J connectivity index is 0.00000392. The SMILES string of the molecule is CCNC(=NCC(O)COCc1ccccc1)NCCc1cccc(F)c1.I. The van der Waals surface area contributed by atoms with Crippen molar-refractivity contribution in [1.82, 2.24) is 10.6 Å². The summed E-state index contributed by atoms with van der Waals surface area (Å²) in [6.07, 6.45) is 0.0117. The number of nitrogens with zero attached hydrogens (tertiary/aromatic N) is 1. The van der Waals surface area contributed by atoms with E-state index in [1.54, 1.807) is 6.07 Å². The zero-order chi connectivity index (χ0) is 19.3. The monoisotopic (exact) mass is 501 g/mol. The molecule has 0 aliphatic heterocycles. The summed E-state index contributed by atoms with van der Waals surface area (Å²) >= 11 is 0. The van der Waals surface area contributed by atoms with Crippen molar-refractivity contribution in [2.24, 2.45) is 4.99 Å². The molecule has 0 aliphatic rings. The number of halogens is 2. The second-order valence-electron chi connectivity index (χ2n) is 6.18. The smallest absolute Gasteiger partial charge is 0.191 e. The van der Waals surface area contributed by atoms with Crippen LogP contribution >= 0.6 is 24.0 Å². The van der Waals surface area contributed by atoms with Gasteiger partial charge in [0.2, 0.25) is 0 Å². The van der Waals surface area contributed by atoms with Crippen LogP contribution in [0.15, 0.2) is 59.6 Å². The molecule has 1 unspecified atom stereocenters. The van der Waals surface area contributed by atoms with Gasteiger partial charge in [-0.3, -0.25) is 4.99 Å². The number of rotatable bonds is 10. The fourth-order valence-corrected chi connectivity index (χ4v) is 2.50. The number of aliphatic hydroxyl groups excluding tert-OH is 1. The van der Waals surface area contributed by atoms with Gasteiger partial charge in [0.05, 0.1) is 25.9 Å². The predicted octanol–water partition coefficient (Wildman–Crippen LogP) is 3.12. The lowest BCUT2D eigenvalue weighted by Crippen LogP contribution is -2.39. The predicted molar refractivity (Wildman–Crippen MR) is 122 cm³/mol. The molecule has 0 bridgehead atoms. The Labute approximate surface area is 183 Å². The Morgan fingerprint density at radius 1 is 1.11 bits per heavy atom. The van der Waals surface area contributed by atoms with Crippen molar-refractivity contribution in [2.75, 3.05) is 26.2 Å². The molecule has 0 amide bonds. The summed E-state index contributed by atoms with van der Waals surface area (Å²) in [6.45, 7) is 4.24. The summed E-state index contributed by atoms with van der Waals surface area (Å²) in [5.74, 6) is 0.391. The lowest BCUT2D eigenvalue weighted by molar-refractivity contribution is 0.0331. The molecule has 2 rings (SSSR count). The molecular weight excluding hydrogens is 472 g/mol. The summed E-state index contributed by atoms with van der Waals surface area (Å²) < 4.78 is 18.7. The molecule has 0 aliphatic carbocycles. The van der Waals surface area contributed by atoms with Gasteiger partial charge in [-0.05, 0) is 36.6 Å². The van der Waals surface area contributed by atoms with Crippen molar-refractivity contribution in [3.05, 3.63) is 71.5 Å². The molecule has 2 aromatic rings. The normalized spacial score (nSPS) is 12.2. The zero-order valence-corrected chi connectivity index (χ0v) is 18.4. The van der Waals surface area contributed by atoms with Crippen LogP contribution < -0.4 is 10.6 Å². The highest BCUT2D eigenvalue weighted by atomic mass is 127. The molecule has 0 saturated carbocycles. The number of guanidine groups is 1. The maximum Gasteiger partial charge on any atom is 0.191 e. The van der Waals surface area contributed by atoms with Crippen LogP contribution in [0, 0.1) is 5.82 Å². The van der Waals surface area contributed by atoms with Crippen molar-refractivity contribution in [1.29, 1.82) is 0 Å². The van der Waals surface area contributed by atoms with Crippen molar-refractivity contribution >= 4 is 29.9 Å². The highest BCUT2D eigenvalue weighted by molar-refractivity contribution is 14.0. The second-order valence-corrected chi connectivity index (χ2v) is 6.18. The Hall–Kier alpha value is -1.71. The van der Waals surface area contributed by atoms with E-state index in [1.165, 1.54) is 12.1 Å². The van der Waals surface area contributed by atoms with E-state index in [-0.39, 0.29) is 42.9 Å². The standard InChI is InChI=1S/C21H28FN3O2.HI/c1-2-23-21(24-12-11-17-9-6-10-19(22)13-17)25-14-20(26)16-27-15-18-7-4-3-5-8-18;/h3-10,13,20,26H,2,11-12,14-16H2,1H3,(H2,23,24,25);1H. The van der Waals surface area contributed by atoms with Gasteiger partial charge in [0.1, 0.15) is 5.82 Å². The van der Waals surface area contributed by atoms with Crippen LogP contribution in [0.2, 0.25) is 0 Å². The van der Waals surface area contributed by atoms with Gasteiger partial charge < -0.3 is 20.5 Å². The topological polar surface area (TPSA) is 65.9 Å². The van der Waals surface area contributed by atoms with Crippen molar-refractivity contribution in [2.45, 2.75) is 26.1 Å². The number of nitrogens with one attached hydrogen (secondary N) is 2. The molecule has 5 nitrogen and oxygen atoms in total. The van der Waals surface area contributed by atoms with Gasteiger partial charge in [0.25, 0.3) is 0 Å². The molecule has 28 heavy (non-hydrogen) atoms. The molecule has 2 aromatic carbocycles. The van der Waals surface area contributed by atoms with Crippen LogP contribution in [0.3, 0.4) is 0 Å². The summed E-state index contributed by atoms with van der Waals surface area (Å²) in [7, 11) is 0. The van der Waals surface area contributed by atoms with Crippen molar-refractivity contribution in [3.8, 4) is 0 Å². The average molecular weight is 501 g/mol. The Morgan fingerprint density at radius 3 is 2.57 bits per heavy atom. The minimum atomic E-state index is -0.674. The van der Waals surface area contributed by atoms with Gasteiger partial charge in [-0.1, -0.05) is 42.5 Å². The summed E-state index contributed by atoms with van der Waals surface area (Å²) in [4.78, 5) is 4.38. The molecule has 0 aromatic heterocycles. The van der Waals surface area contributed by atoms with Gasteiger partial charge in [0.15, 0.2) is 5.96 Å². The van der Waals surface area contributed by atoms with Crippen molar-refractivity contribution in [3.63, 3.8) is 0 Å². The third-order valence-electron chi connectivity index (χ3n) is 3.82. The number of aliphatic imine (C=N–C) groups is 1. The lowest BCUT2D eigenvalue weighted by atomic mass is 10.1. The van der Waals surface area contributed by atoms with Gasteiger partial charge in [0, 0.05) is 13.1 Å². The zero-order valence-electron chi connectivity index (χ0n) is 16.1. The maximum atomic E-state index is 13.2. The Morgan fingerprint density at radius 2 is 1.86 bits per heavy atom. The van der Waals surface area contributed by atoms with Crippen LogP contribution in [-0.4, -0.2) is 43.4 Å². The number of hydrogen-bond donors (Lipinski definition) is 3. The molecule has 3 N–H and O–H groups in total. The fourth-order valence-electron chi connectivity index (χ4n) is 2.50. The van der Waals surface area contributed by atoms with Gasteiger partial charge in [-0.2, -0.15) is 0 Å². The van der Waals surface area contributed by atoms with Gasteiger partial charge in [-0.25, -0.2) is 4.39 Å². The Kier molecular flexibility index (Phi) is 12.4. The van der Waals surface area contributed by atoms with E-state index >= 15 is 0 Å².